The van der Waals surface area contributed by atoms with Crippen molar-refractivity contribution >= 4 is 52.6 Å². The monoisotopic (exact) mass is 354 g/mol. The van der Waals surface area contributed by atoms with Crippen LogP contribution in [0, 0.1) is 0 Å². The van der Waals surface area contributed by atoms with Gasteiger partial charge in [-0.1, -0.05) is 23.4 Å². The van der Waals surface area contributed by atoms with Crippen molar-refractivity contribution in [3.63, 3.8) is 0 Å². The van der Waals surface area contributed by atoms with Crippen LogP contribution >= 0.6 is 35.1 Å². The van der Waals surface area contributed by atoms with Crippen molar-refractivity contribution in [3.8, 4) is 0 Å². The van der Waals surface area contributed by atoms with Crippen molar-refractivity contribution in [2.75, 3.05) is 29.5 Å². The molecule has 0 spiro atoms. The van der Waals surface area contributed by atoms with Gasteiger partial charge in [-0.2, -0.15) is 11.8 Å². The number of thioether (sulfide) groups is 2. The summed E-state index contributed by atoms with van der Waals surface area (Å²) in [5.41, 5.74) is 0.791. The standard InChI is InChI=1S/C15H15ClN2O2S2/c16-10-1-2-12-11(9-10)18-13(19)3-4-15(18,22-12)14(20)17-5-7-21-8-6-17/h1-2,9H,3-8H2/t15-/m0/s1. The van der Waals surface area contributed by atoms with Gasteiger partial charge in [-0.3, -0.25) is 14.5 Å². The predicted molar refractivity (Wildman–Crippen MR) is 90.7 cm³/mol. The molecule has 3 aliphatic heterocycles. The van der Waals surface area contributed by atoms with Crippen molar-refractivity contribution < 1.29 is 9.59 Å². The van der Waals surface area contributed by atoms with E-state index < -0.39 is 4.87 Å². The molecule has 7 heteroatoms. The zero-order valence-electron chi connectivity index (χ0n) is 11.9. The highest BCUT2D eigenvalue weighted by Gasteiger charge is 2.58. The van der Waals surface area contributed by atoms with E-state index in [1.165, 1.54) is 11.8 Å². The first-order valence-electron chi connectivity index (χ1n) is 7.30. The van der Waals surface area contributed by atoms with Gasteiger partial charge in [0.05, 0.1) is 5.69 Å². The van der Waals surface area contributed by atoms with E-state index in [1.54, 1.807) is 11.0 Å². The summed E-state index contributed by atoms with van der Waals surface area (Å²) >= 11 is 9.48. The van der Waals surface area contributed by atoms with E-state index in [-0.39, 0.29) is 11.8 Å². The summed E-state index contributed by atoms with van der Waals surface area (Å²) in [5, 5.41) is 0.594. The summed E-state index contributed by atoms with van der Waals surface area (Å²) in [6, 6.07) is 5.53. The van der Waals surface area contributed by atoms with Crippen molar-refractivity contribution in [3.05, 3.63) is 23.2 Å². The number of hydrogen-bond acceptors (Lipinski definition) is 4. The molecule has 0 bridgehead atoms. The van der Waals surface area contributed by atoms with Crippen molar-refractivity contribution in [2.24, 2.45) is 0 Å². The van der Waals surface area contributed by atoms with Crippen LogP contribution in [0.2, 0.25) is 5.02 Å². The normalized spacial score (nSPS) is 27.0. The molecule has 1 atom stereocenters. The second kappa shape index (κ2) is 5.35. The summed E-state index contributed by atoms with van der Waals surface area (Å²) in [6.45, 7) is 1.54. The molecule has 0 N–H and O–H groups in total. The lowest BCUT2D eigenvalue weighted by atomic mass is 10.1. The second-order valence-electron chi connectivity index (χ2n) is 5.63. The van der Waals surface area contributed by atoms with E-state index >= 15 is 0 Å². The molecule has 0 radical (unpaired) electrons. The largest absolute Gasteiger partial charge is 0.338 e. The van der Waals surface area contributed by atoms with Gasteiger partial charge in [0, 0.05) is 40.9 Å². The average Bonchev–Trinajstić information content (AvgIpc) is 3.04. The number of hydrogen-bond donors (Lipinski definition) is 0. The average molecular weight is 355 g/mol. The van der Waals surface area contributed by atoms with Crippen LogP contribution in [-0.4, -0.2) is 46.2 Å². The molecule has 3 aliphatic rings. The highest BCUT2D eigenvalue weighted by Crippen LogP contribution is 2.57. The van der Waals surface area contributed by atoms with Gasteiger partial charge in [-0.05, 0) is 24.6 Å². The van der Waals surface area contributed by atoms with Gasteiger partial charge in [0.2, 0.25) is 5.91 Å². The summed E-state index contributed by atoms with van der Waals surface area (Å²) in [6.07, 6.45) is 0.999. The van der Waals surface area contributed by atoms with E-state index in [1.807, 2.05) is 28.8 Å². The Morgan fingerprint density at radius 1 is 1.27 bits per heavy atom. The smallest absolute Gasteiger partial charge is 0.259 e. The van der Waals surface area contributed by atoms with Gasteiger partial charge in [0.25, 0.3) is 5.91 Å². The molecule has 4 rings (SSSR count). The number of carbonyl (C=O) groups is 2. The molecule has 0 saturated carbocycles. The number of anilines is 1. The van der Waals surface area contributed by atoms with Crippen LogP contribution in [0.25, 0.3) is 0 Å². The maximum Gasteiger partial charge on any atom is 0.259 e. The van der Waals surface area contributed by atoms with Crippen molar-refractivity contribution in [1.29, 1.82) is 0 Å². The quantitative estimate of drug-likeness (QED) is 0.777. The SMILES string of the molecule is O=C1CC[C@@]2(C(=O)N3CCSCC3)Sc3ccc(Cl)cc3N12. The predicted octanol–water partition coefficient (Wildman–Crippen LogP) is 2.84. The number of carbonyl (C=O) groups excluding carboxylic acids is 2. The fourth-order valence-electron chi connectivity index (χ4n) is 3.32. The number of fused-ring (bicyclic) bond motifs is 3. The van der Waals surface area contributed by atoms with E-state index in [9.17, 15) is 9.59 Å². The maximum atomic E-state index is 13.2. The highest BCUT2D eigenvalue weighted by atomic mass is 35.5. The highest BCUT2D eigenvalue weighted by molar-refractivity contribution is 8.02. The Labute approximate surface area is 142 Å². The number of rotatable bonds is 1. The second-order valence-corrected chi connectivity index (χ2v) is 8.61. The van der Waals surface area contributed by atoms with Crippen LogP contribution in [0.4, 0.5) is 5.69 Å². The van der Waals surface area contributed by atoms with Gasteiger partial charge in [0.1, 0.15) is 0 Å². The summed E-state index contributed by atoms with van der Waals surface area (Å²) < 4.78 is 0. The Balaban J connectivity index is 1.74. The zero-order valence-corrected chi connectivity index (χ0v) is 14.3. The minimum atomic E-state index is -0.786. The lowest BCUT2D eigenvalue weighted by molar-refractivity contribution is -0.133. The minimum absolute atomic E-state index is 0.0215. The lowest BCUT2D eigenvalue weighted by Crippen LogP contribution is -2.55. The first-order valence-corrected chi connectivity index (χ1v) is 9.65. The van der Waals surface area contributed by atoms with E-state index in [4.69, 9.17) is 11.6 Å². The van der Waals surface area contributed by atoms with Crippen LogP contribution in [0.5, 0.6) is 0 Å². The molecule has 1 aromatic rings. The van der Waals surface area contributed by atoms with Crippen LogP contribution in [0.3, 0.4) is 0 Å². The summed E-state index contributed by atoms with van der Waals surface area (Å²) in [7, 11) is 0. The van der Waals surface area contributed by atoms with Gasteiger partial charge < -0.3 is 4.90 Å². The zero-order chi connectivity index (χ0) is 15.3. The van der Waals surface area contributed by atoms with Crippen molar-refractivity contribution in [2.45, 2.75) is 22.6 Å². The third-order valence-electron chi connectivity index (χ3n) is 4.36. The van der Waals surface area contributed by atoms with Crippen LogP contribution in [0.15, 0.2) is 23.1 Å². The third kappa shape index (κ3) is 2.07. The Kier molecular flexibility index (Phi) is 3.58. The maximum absolute atomic E-state index is 13.2. The molecular weight excluding hydrogens is 340 g/mol. The number of benzene rings is 1. The molecule has 0 aliphatic carbocycles. The molecule has 2 saturated heterocycles. The minimum Gasteiger partial charge on any atom is -0.338 e. The first-order chi connectivity index (χ1) is 10.6. The molecular formula is C15H15ClN2O2S2. The summed E-state index contributed by atoms with van der Waals surface area (Å²) in [4.78, 5) is 29.4. The number of nitrogens with zero attached hydrogens (tertiary/aromatic N) is 2. The Morgan fingerprint density at radius 2 is 2.05 bits per heavy atom. The van der Waals surface area contributed by atoms with Crippen LogP contribution < -0.4 is 4.90 Å². The summed E-state index contributed by atoms with van der Waals surface area (Å²) in [5.74, 6) is 2.04. The van der Waals surface area contributed by atoms with Crippen molar-refractivity contribution in [1.82, 2.24) is 4.90 Å². The molecule has 22 heavy (non-hydrogen) atoms. The fourth-order valence-corrected chi connectivity index (χ4v) is 5.86. The Bertz CT molecular complexity index is 663. The van der Waals surface area contributed by atoms with E-state index in [0.29, 0.717) is 17.9 Å². The first kappa shape index (κ1) is 14.7. The molecule has 3 heterocycles. The van der Waals surface area contributed by atoms with Crippen LogP contribution in [0.1, 0.15) is 12.8 Å². The number of halogens is 1. The molecule has 116 valence electrons. The molecule has 4 nitrogen and oxygen atoms in total. The van der Waals surface area contributed by atoms with Gasteiger partial charge in [-0.15, -0.1) is 0 Å². The van der Waals surface area contributed by atoms with Gasteiger partial charge >= 0.3 is 0 Å². The topological polar surface area (TPSA) is 40.6 Å². The molecule has 0 aromatic heterocycles. The van der Waals surface area contributed by atoms with Crippen LogP contribution in [-0.2, 0) is 9.59 Å². The lowest BCUT2D eigenvalue weighted by Gasteiger charge is -2.36. The van der Waals surface area contributed by atoms with E-state index in [2.05, 4.69) is 0 Å². The fraction of sp³-hybridized carbons (Fsp3) is 0.467. The Morgan fingerprint density at radius 3 is 2.82 bits per heavy atom. The van der Waals surface area contributed by atoms with Gasteiger partial charge in [-0.25, -0.2) is 0 Å². The molecule has 2 amide bonds. The third-order valence-corrected chi connectivity index (χ3v) is 7.00. The molecule has 0 unspecified atom stereocenters. The van der Waals surface area contributed by atoms with E-state index in [0.717, 1.165) is 35.2 Å². The molecule has 2 fully saturated rings. The van der Waals surface area contributed by atoms with Gasteiger partial charge in [0.15, 0.2) is 4.87 Å². The number of amides is 2. The Hall–Kier alpha value is -0.850. The molecule has 1 aromatic carbocycles.